The summed E-state index contributed by atoms with van der Waals surface area (Å²) in [5, 5.41) is 16.3. The number of rotatable bonds is 5. The van der Waals surface area contributed by atoms with Crippen molar-refractivity contribution in [3.05, 3.63) is 11.9 Å². The molecule has 0 radical (unpaired) electrons. The van der Waals surface area contributed by atoms with Gasteiger partial charge in [-0.25, -0.2) is 9.97 Å². The van der Waals surface area contributed by atoms with Gasteiger partial charge in [-0.3, -0.25) is 0 Å². The monoisotopic (exact) mass is 294 g/mol. The molecule has 0 bridgehead atoms. The summed E-state index contributed by atoms with van der Waals surface area (Å²) in [6.45, 7) is 13.1. The lowest BCUT2D eigenvalue weighted by molar-refractivity contribution is 0.132. The quantitative estimate of drug-likeness (QED) is 0.778. The van der Waals surface area contributed by atoms with Crippen molar-refractivity contribution in [2.24, 2.45) is 5.41 Å². The van der Waals surface area contributed by atoms with Crippen LogP contribution in [-0.4, -0.2) is 34.8 Å². The van der Waals surface area contributed by atoms with Gasteiger partial charge in [0, 0.05) is 25.1 Å². The van der Waals surface area contributed by atoms with Gasteiger partial charge in [0.25, 0.3) is 0 Å². The van der Waals surface area contributed by atoms with Gasteiger partial charge in [0.15, 0.2) is 0 Å². The maximum atomic E-state index is 10.1. The lowest BCUT2D eigenvalue weighted by Crippen LogP contribution is -2.26. The third-order valence-electron chi connectivity index (χ3n) is 3.02. The molecule has 1 unspecified atom stereocenters. The Hall–Kier alpha value is -1.36. The predicted molar refractivity (Wildman–Crippen MR) is 88.8 cm³/mol. The molecule has 3 N–H and O–H groups in total. The maximum absolute atomic E-state index is 10.1. The highest BCUT2D eigenvalue weighted by Gasteiger charge is 2.20. The summed E-state index contributed by atoms with van der Waals surface area (Å²) >= 11 is 0. The topological polar surface area (TPSA) is 70.1 Å². The van der Waals surface area contributed by atoms with Crippen molar-refractivity contribution in [2.45, 2.75) is 59.5 Å². The number of hydrogen-bond acceptors (Lipinski definition) is 5. The van der Waals surface area contributed by atoms with Crippen molar-refractivity contribution in [1.82, 2.24) is 9.97 Å². The van der Waals surface area contributed by atoms with E-state index in [4.69, 9.17) is 0 Å². The van der Waals surface area contributed by atoms with Gasteiger partial charge in [0.2, 0.25) is 0 Å². The molecule has 1 rings (SSSR count). The molecule has 0 spiro atoms. The highest BCUT2D eigenvalue weighted by molar-refractivity contribution is 5.47. The van der Waals surface area contributed by atoms with Crippen molar-refractivity contribution >= 4 is 11.6 Å². The number of aliphatic hydroxyl groups is 1. The Labute approximate surface area is 128 Å². The SMILES string of the molecule is CNc1cc(NCC(O)CC(C)(C)C)nc(C(C)(C)C)n1. The van der Waals surface area contributed by atoms with Crippen LogP contribution in [0.25, 0.3) is 0 Å². The highest BCUT2D eigenvalue weighted by Crippen LogP contribution is 2.23. The number of aromatic nitrogens is 2. The molecular weight excluding hydrogens is 264 g/mol. The second kappa shape index (κ2) is 6.60. The van der Waals surface area contributed by atoms with Crippen LogP contribution in [0.4, 0.5) is 11.6 Å². The van der Waals surface area contributed by atoms with Crippen molar-refractivity contribution in [3.63, 3.8) is 0 Å². The van der Waals surface area contributed by atoms with Crippen LogP contribution in [0.2, 0.25) is 0 Å². The molecule has 1 heterocycles. The van der Waals surface area contributed by atoms with Gasteiger partial charge >= 0.3 is 0 Å². The fourth-order valence-electron chi connectivity index (χ4n) is 2.00. The first-order valence-electron chi connectivity index (χ1n) is 7.50. The van der Waals surface area contributed by atoms with Gasteiger partial charge in [-0.2, -0.15) is 0 Å². The largest absolute Gasteiger partial charge is 0.391 e. The van der Waals surface area contributed by atoms with Gasteiger partial charge < -0.3 is 15.7 Å². The molecule has 0 saturated heterocycles. The minimum absolute atomic E-state index is 0.111. The van der Waals surface area contributed by atoms with Crippen molar-refractivity contribution < 1.29 is 5.11 Å². The van der Waals surface area contributed by atoms with E-state index in [1.165, 1.54) is 0 Å². The second-order valence-corrected chi connectivity index (χ2v) is 7.76. The number of hydrogen-bond donors (Lipinski definition) is 3. The average molecular weight is 294 g/mol. The Morgan fingerprint density at radius 3 is 2.14 bits per heavy atom. The molecular formula is C16H30N4O. The zero-order valence-electron chi connectivity index (χ0n) is 14.4. The average Bonchev–Trinajstić information content (AvgIpc) is 2.33. The summed E-state index contributed by atoms with van der Waals surface area (Å²) in [6, 6.07) is 1.86. The standard InChI is InChI=1S/C16H30N4O/c1-15(2,3)9-11(21)10-18-13-8-12(17-7)19-14(20-13)16(4,5)6/h8,11,21H,9-10H2,1-7H3,(H2,17,18,19,20). The number of nitrogens with one attached hydrogen (secondary N) is 2. The first kappa shape index (κ1) is 17.7. The number of nitrogens with zero attached hydrogens (tertiary/aromatic N) is 2. The minimum Gasteiger partial charge on any atom is -0.391 e. The Bertz CT molecular complexity index is 460. The third-order valence-corrected chi connectivity index (χ3v) is 3.02. The van der Waals surface area contributed by atoms with E-state index in [9.17, 15) is 5.11 Å². The van der Waals surface area contributed by atoms with Crippen LogP contribution in [0.1, 0.15) is 53.8 Å². The zero-order valence-corrected chi connectivity index (χ0v) is 14.4. The summed E-state index contributed by atoms with van der Waals surface area (Å²) in [5.74, 6) is 2.30. The van der Waals surface area contributed by atoms with E-state index >= 15 is 0 Å². The summed E-state index contributed by atoms with van der Waals surface area (Å²) in [6.07, 6.45) is 0.354. The summed E-state index contributed by atoms with van der Waals surface area (Å²) in [4.78, 5) is 9.03. The molecule has 120 valence electrons. The van der Waals surface area contributed by atoms with E-state index in [2.05, 4.69) is 62.1 Å². The Morgan fingerprint density at radius 1 is 1.10 bits per heavy atom. The van der Waals surface area contributed by atoms with Crippen LogP contribution in [-0.2, 0) is 5.41 Å². The van der Waals surface area contributed by atoms with Crippen LogP contribution >= 0.6 is 0 Å². The maximum Gasteiger partial charge on any atom is 0.138 e. The minimum atomic E-state index is -0.393. The van der Waals surface area contributed by atoms with Gasteiger partial charge in [-0.1, -0.05) is 41.5 Å². The molecule has 0 aromatic carbocycles. The molecule has 1 aromatic rings. The number of anilines is 2. The molecule has 0 aliphatic carbocycles. The van der Waals surface area contributed by atoms with Gasteiger partial charge in [0.1, 0.15) is 17.5 Å². The molecule has 5 nitrogen and oxygen atoms in total. The van der Waals surface area contributed by atoms with Crippen LogP contribution in [0.15, 0.2) is 6.07 Å². The summed E-state index contributed by atoms with van der Waals surface area (Å²) in [5.41, 5.74) is -0.00715. The van der Waals surface area contributed by atoms with Crippen LogP contribution in [0.5, 0.6) is 0 Å². The van der Waals surface area contributed by atoms with E-state index in [0.717, 1.165) is 23.9 Å². The molecule has 0 fully saturated rings. The number of aliphatic hydroxyl groups excluding tert-OH is 1. The molecule has 0 aliphatic rings. The first-order chi connectivity index (χ1) is 9.51. The van der Waals surface area contributed by atoms with Crippen molar-refractivity contribution in [1.29, 1.82) is 0 Å². The van der Waals surface area contributed by atoms with E-state index in [-0.39, 0.29) is 10.8 Å². The van der Waals surface area contributed by atoms with Gasteiger partial charge in [0.05, 0.1) is 6.10 Å². The Morgan fingerprint density at radius 2 is 1.67 bits per heavy atom. The van der Waals surface area contributed by atoms with Crippen LogP contribution in [0, 0.1) is 5.41 Å². The van der Waals surface area contributed by atoms with E-state index < -0.39 is 6.10 Å². The predicted octanol–water partition coefficient (Wildman–Crippen LogP) is 3.02. The molecule has 0 amide bonds. The van der Waals surface area contributed by atoms with Crippen molar-refractivity contribution in [3.8, 4) is 0 Å². The van der Waals surface area contributed by atoms with E-state index in [1.807, 2.05) is 13.1 Å². The molecule has 5 heteroatoms. The molecule has 1 atom stereocenters. The molecule has 0 saturated carbocycles. The molecule has 0 aliphatic heterocycles. The summed E-state index contributed by atoms with van der Waals surface area (Å²) in [7, 11) is 1.84. The normalized spacial score (nSPS) is 13.9. The van der Waals surface area contributed by atoms with Gasteiger partial charge in [-0.15, -0.1) is 0 Å². The zero-order chi connectivity index (χ0) is 16.3. The molecule has 1 aromatic heterocycles. The highest BCUT2D eigenvalue weighted by atomic mass is 16.3. The third kappa shape index (κ3) is 6.29. The summed E-state index contributed by atoms with van der Waals surface area (Å²) < 4.78 is 0. The fraction of sp³-hybridized carbons (Fsp3) is 0.750. The van der Waals surface area contributed by atoms with Crippen molar-refractivity contribution in [2.75, 3.05) is 24.2 Å². The Kier molecular flexibility index (Phi) is 5.56. The van der Waals surface area contributed by atoms with Crippen LogP contribution < -0.4 is 10.6 Å². The molecule has 21 heavy (non-hydrogen) atoms. The van der Waals surface area contributed by atoms with E-state index in [0.29, 0.717) is 6.54 Å². The fourth-order valence-corrected chi connectivity index (χ4v) is 2.00. The smallest absolute Gasteiger partial charge is 0.138 e. The Balaban J connectivity index is 2.79. The van der Waals surface area contributed by atoms with E-state index in [1.54, 1.807) is 0 Å². The van der Waals surface area contributed by atoms with Gasteiger partial charge in [-0.05, 0) is 11.8 Å². The lowest BCUT2D eigenvalue weighted by atomic mass is 9.89. The van der Waals surface area contributed by atoms with Crippen LogP contribution in [0.3, 0.4) is 0 Å². The second-order valence-electron chi connectivity index (χ2n) is 7.76. The first-order valence-corrected chi connectivity index (χ1v) is 7.50. The lowest BCUT2D eigenvalue weighted by Gasteiger charge is -2.23.